The van der Waals surface area contributed by atoms with E-state index in [-0.39, 0.29) is 23.5 Å². The van der Waals surface area contributed by atoms with Crippen molar-refractivity contribution in [3.8, 4) is 5.75 Å². The monoisotopic (exact) mass is 292 g/mol. The van der Waals surface area contributed by atoms with Gasteiger partial charge in [-0.1, -0.05) is 13.8 Å². The molecule has 1 saturated carbocycles. The van der Waals surface area contributed by atoms with Crippen molar-refractivity contribution in [1.82, 2.24) is 5.32 Å². The zero-order valence-electron chi connectivity index (χ0n) is 12.9. The van der Waals surface area contributed by atoms with Crippen LogP contribution in [0, 0.1) is 5.41 Å². The summed E-state index contributed by atoms with van der Waals surface area (Å²) >= 11 is 0. The van der Waals surface area contributed by atoms with Crippen LogP contribution in [-0.4, -0.2) is 31.8 Å². The van der Waals surface area contributed by atoms with Gasteiger partial charge in [0.15, 0.2) is 0 Å². The van der Waals surface area contributed by atoms with E-state index in [0.29, 0.717) is 18.7 Å². The first-order valence-corrected chi connectivity index (χ1v) is 7.24. The van der Waals surface area contributed by atoms with E-state index in [0.717, 1.165) is 12.2 Å². The quantitative estimate of drug-likeness (QED) is 0.786. The SMILES string of the molecule is COC1CC(NC(=O)CCOc2ccc(N)cc2)C1(C)C. The number of nitrogens with two attached hydrogens (primary N) is 1. The van der Waals surface area contributed by atoms with Crippen molar-refractivity contribution in [1.29, 1.82) is 0 Å². The lowest BCUT2D eigenvalue weighted by atomic mass is 9.64. The van der Waals surface area contributed by atoms with Crippen LogP contribution in [0.25, 0.3) is 0 Å². The van der Waals surface area contributed by atoms with Gasteiger partial charge in [0.2, 0.25) is 5.91 Å². The Bertz CT molecular complexity index is 485. The number of anilines is 1. The minimum atomic E-state index is -0.0117. The molecule has 1 aromatic carbocycles. The predicted molar refractivity (Wildman–Crippen MR) is 82.1 cm³/mol. The minimum absolute atomic E-state index is 0.0117. The van der Waals surface area contributed by atoms with Crippen LogP contribution in [0.4, 0.5) is 5.69 Å². The van der Waals surface area contributed by atoms with E-state index < -0.39 is 0 Å². The molecule has 2 atom stereocenters. The largest absolute Gasteiger partial charge is 0.493 e. The lowest BCUT2D eigenvalue weighted by Gasteiger charge is -2.51. The number of carbonyl (C=O) groups excluding carboxylic acids is 1. The Morgan fingerprint density at radius 2 is 2.05 bits per heavy atom. The standard InChI is InChI=1S/C16H24N2O3/c1-16(2)13(10-14(16)20-3)18-15(19)8-9-21-12-6-4-11(17)5-7-12/h4-7,13-14H,8-10,17H2,1-3H3,(H,18,19). The van der Waals surface area contributed by atoms with Gasteiger partial charge in [-0.2, -0.15) is 0 Å². The molecule has 0 bridgehead atoms. The molecule has 0 saturated heterocycles. The molecule has 0 heterocycles. The van der Waals surface area contributed by atoms with Crippen molar-refractivity contribution in [2.75, 3.05) is 19.5 Å². The van der Waals surface area contributed by atoms with Crippen LogP contribution in [0.1, 0.15) is 26.7 Å². The average molecular weight is 292 g/mol. The Balaban J connectivity index is 1.70. The summed E-state index contributed by atoms with van der Waals surface area (Å²) in [4.78, 5) is 11.9. The fourth-order valence-electron chi connectivity index (χ4n) is 2.62. The molecule has 5 heteroatoms. The topological polar surface area (TPSA) is 73.6 Å². The second-order valence-electron chi connectivity index (χ2n) is 6.07. The number of rotatable bonds is 6. The van der Waals surface area contributed by atoms with Gasteiger partial charge in [0, 0.05) is 24.3 Å². The molecule has 2 rings (SSSR count). The highest BCUT2D eigenvalue weighted by Crippen LogP contribution is 2.42. The maximum Gasteiger partial charge on any atom is 0.223 e. The number of carbonyl (C=O) groups is 1. The van der Waals surface area contributed by atoms with E-state index in [4.69, 9.17) is 15.2 Å². The van der Waals surface area contributed by atoms with Crippen LogP contribution in [0.5, 0.6) is 5.75 Å². The third-order valence-electron chi connectivity index (χ3n) is 4.28. The van der Waals surface area contributed by atoms with Crippen molar-refractivity contribution < 1.29 is 14.3 Å². The van der Waals surface area contributed by atoms with E-state index in [1.807, 2.05) is 0 Å². The Hall–Kier alpha value is -1.75. The zero-order valence-corrected chi connectivity index (χ0v) is 12.9. The van der Waals surface area contributed by atoms with Gasteiger partial charge in [0.25, 0.3) is 0 Å². The van der Waals surface area contributed by atoms with E-state index in [1.165, 1.54) is 0 Å². The lowest BCUT2D eigenvalue weighted by molar-refractivity contribution is -0.133. The van der Waals surface area contributed by atoms with Gasteiger partial charge >= 0.3 is 0 Å². The molecule has 2 unspecified atom stereocenters. The van der Waals surface area contributed by atoms with Crippen LogP contribution < -0.4 is 15.8 Å². The molecule has 116 valence electrons. The molecule has 1 aromatic rings. The molecule has 0 aromatic heterocycles. The first kappa shape index (κ1) is 15.6. The Morgan fingerprint density at radius 3 is 2.62 bits per heavy atom. The molecule has 3 N–H and O–H groups in total. The van der Waals surface area contributed by atoms with Crippen molar-refractivity contribution in [2.45, 2.75) is 38.8 Å². The summed E-state index contributed by atoms with van der Waals surface area (Å²) < 4.78 is 10.9. The summed E-state index contributed by atoms with van der Waals surface area (Å²) in [7, 11) is 1.71. The molecule has 0 radical (unpaired) electrons. The molecule has 0 spiro atoms. The Morgan fingerprint density at radius 1 is 1.38 bits per heavy atom. The average Bonchev–Trinajstić information content (AvgIpc) is 2.45. The normalized spacial score (nSPS) is 23.2. The van der Waals surface area contributed by atoms with Gasteiger partial charge in [-0.15, -0.1) is 0 Å². The first-order chi connectivity index (χ1) is 9.93. The molecule has 1 fully saturated rings. The van der Waals surface area contributed by atoms with Crippen LogP contribution in [0.15, 0.2) is 24.3 Å². The smallest absolute Gasteiger partial charge is 0.223 e. The molecule has 21 heavy (non-hydrogen) atoms. The maximum absolute atomic E-state index is 11.9. The third kappa shape index (κ3) is 3.67. The van der Waals surface area contributed by atoms with E-state index in [9.17, 15) is 4.79 Å². The predicted octanol–water partition coefficient (Wildman–Crippen LogP) is 1.97. The number of benzene rings is 1. The van der Waals surface area contributed by atoms with E-state index >= 15 is 0 Å². The molecule has 1 aliphatic rings. The van der Waals surface area contributed by atoms with Gasteiger partial charge in [0.05, 0.1) is 19.1 Å². The van der Waals surface area contributed by atoms with Crippen LogP contribution in [0.3, 0.4) is 0 Å². The first-order valence-electron chi connectivity index (χ1n) is 7.24. The molecule has 1 aliphatic carbocycles. The fraction of sp³-hybridized carbons (Fsp3) is 0.562. The number of nitrogens with one attached hydrogen (secondary N) is 1. The fourth-order valence-corrected chi connectivity index (χ4v) is 2.62. The number of nitrogen functional groups attached to an aromatic ring is 1. The van der Waals surface area contributed by atoms with E-state index in [2.05, 4.69) is 19.2 Å². The minimum Gasteiger partial charge on any atom is -0.493 e. The number of amides is 1. The molecule has 5 nitrogen and oxygen atoms in total. The summed E-state index contributed by atoms with van der Waals surface area (Å²) in [5, 5.41) is 3.05. The third-order valence-corrected chi connectivity index (χ3v) is 4.28. The molecular formula is C16H24N2O3. The summed E-state index contributed by atoms with van der Waals surface area (Å²) in [6, 6.07) is 7.32. The van der Waals surface area contributed by atoms with Crippen LogP contribution >= 0.6 is 0 Å². The van der Waals surface area contributed by atoms with Gasteiger partial charge in [-0.25, -0.2) is 0 Å². The summed E-state index contributed by atoms with van der Waals surface area (Å²) in [5.74, 6) is 0.735. The number of methoxy groups -OCH3 is 1. The molecule has 0 aliphatic heterocycles. The highest BCUT2D eigenvalue weighted by Gasteiger charge is 2.49. The van der Waals surface area contributed by atoms with Gasteiger partial charge in [0.1, 0.15) is 5.75 Å². The van der Waals surface area contributed by atoms with Crippen molar-refractivity contribution in [3.05, 3.63) is 24.3 Å². The zero-order chi connectivity index (χ0) is 15.5. The summed E-state index contributed by atoms with van der Waals surface area (Å²) in [6.45, 7) is 4.58. The molecule has 1 amide bonds. The van der Waals surface area contributed by atoms with Crippen LogP contribution in [-0.2, 0) is 9.53 Å². The molecular weight excluding hydrogens is 268 g/mol. The maximum atomic E-state index is 11.9. The van der Waals surface area contributed by atoms with Crippen LogP contribution in [0.2, 0.25) is 0 Å². The number of ether oxygens (including phenoxy) is 2. The second kappa shape index (κ2) is 6.35. The number of hydrogen-bond acceptors (Lipinski definition) is 4. The highest BCUT2D eigenvalue weighted by atomic mass is 16.5. The Labute approximate surface area is 125 Å². The lowest BCUT2D eigenvalue weighted by Crippen LogP contribution is -2.61. The van der Waals surface area contributed by atoms with Gasteiger partial charge < -0.3 is 20.5 Å². The summed E-state index contributed by atoms with van der Waals surface area (Å²) in [5.41, 5.74) is 6.28. The van der Waals surface area contributed by atoms with Gasteiger partial charge in [-0.05, 0) is 30.7 Å². The number of hydrogen-bond donors (Lipinski definition) is 2. The summed E-state index contributed by atoms with van der Waals surface area (Å²) in [6.07, 6.45) is 1.43. The van der Waals surface area contributed by atoms with Gasteiger partial charge in [-0.3, -0.25) is 4.79 Å². The second-order valence-corrected chi connectivity index (χ2v) is 6.07. The van der Waals surface area contributed by atoms with Crippen molar-refractivity contribution in [3.63, 3.8) is 0 Å². The van der Waals surface area contributed by atoms with E-state index in [1.54, 1.807) is 31.4 Å². The van der Waals surface area contributed by atoms with Crippen molar-refractivity contribution in [2.24, 2.45) is 5.41 Å². The Kier molecular flexibility index (Phi) is 4.73. The highest BCUT2D eigenvalue weighted by molar-refractivity contribution is 5.76. The van der Waals surface area contributed by atoms with Crippen molar-refractivity contribution >= 4 is 11.6 Å².